The number of benzene rings is 2. The fourth-order valence-corrected chi connectivity index (χ4v) is 3.30. The monoisotopic (exact) mass is 414 g/mol. The van der Waals surface area contributed by atoms with Crippen molar-refractivity contribution in [1.82, 2.24) is 9.88 Å². The molecular weight excluding hydrogens is 396 g/mol. The van der Waals surface area contributed by atoms with Gasteiger partial charge in [0.1, 0.15) is 6.04 Å². The summed E-state index contributed by atoms with van der Waals surface area (Å²) in [6.07, 6.45) is 3.02. The molecule has 0 saturated heterocycles. The molecule has 2 N–H and O–H groups in total. The third-order valence-corrected chi connectivity index (χ3v) is 4.90. The fourth-order valence-electron chi connectivity index (χ4n) is 3.30. The van der Waals surface area contributed by atoms with Gasteiger partial charge in [0.05, 0.1) is 16.7 Å². The molecule has 2 aromatic carbocycles. The van der Waals surface area contributed by atoms with Crippen LogP contribution in [0, 0.1) is 0 Å². The lowest BCUT2D eigenvalue weighted by atomic mass is 10.1. The molecule has 4 rings (SSSR count). The van der Waals surface area contributed by atoms with Crippen molar-refractivity contribution in [3.8, 4) is 0 Å². The highest BCUT2D eigenvalue weighted by Crippen LogP contribution is 2.25. The number of nitrogens with zero attached hydrogens (tertiary/aromatic N) is 2. The third kappa shape index (κ3) is 3.91. The Morgan fingerprint density at radius 3 is 2.13 bits per heavy atom. The molecule has 0 fully saturated rings. The number of carbonyl (C=O) groups is 4. The Morgan fingerprint density at radius 1 is 0.871 bits per heavy atom. The van der Waals surface area contributed by atoms with Crippen molar-refractivity contribution in [3.63, 3.8) is 0 Å². The Labute approximate surface area is 177 Å². The van der Waals surface area contributed by atoms with Gasteiger partial charge in [0, 0.05) is 23.8 Å². The van der Waals surface area contributed by atoms with Crippen LogP contribution >= 0.6 is 0 Å². The van der Waals surface area contributed by atoms with Crippen molar-refractivity contribution in [2.24, 2.45) is 0 Å². The molecule has 8 heteroatoms. The highest BCUT2D eigenvalue weighted by atomic mass is 16.2. The molecule has 0 bridgehead atoms. The van der Waals surface area contributed by atoms with E-state index in [9.17, 15) is 19.2 Å². The van der Waals surface area contributed by atoms with Gasteiger partial charge in [-0.25, -0.2) is 0 Å². The first kappa shape index (κ1) is 20.0. The molecule has 0 aliphatic carbocycles. The number of anilines is 2. The first-order valence-corrected chi connectivity index (χ1v) is 9.55. The van der Waals surface area contributed by atoms with Crippen LogP contribution < -0.4 is 10.6 Å². The molecule has 31 heavy (non-hydrogen) atoms. The molecule has 1 aromatic heterocycles. The van der Waals surface area contributed by atoms with E-state index in [4.69, 9.17) is 0 Å². The Kier molecular flexibility index (Phi) is 5.28. The van der Waals surface area contributed by atoms with E-state index in [0.717, 1.165) is 4.90 Å². The molecule has 0 radical (unpaired) electrons. The van der Waals surface area contributed by atoms with Gasteiger partial charge in [0.2, 0.25) is 5.91 Å². The Hall–Kier alpha value is -4.33. The maximum atomic E-state index is 12.7. The van der Waals surface area contributed by atoms with Gasteiger partial charge < -0.3 is 10.6 Å². The summed E-state index contributed by atoms with van der Waals surface area (Å²) >= 11 is 0. The topological polar surface area (TPSA) is 108 Å². The van der Waals surface area contributed by atoms with Gasteiger partial charge in [0.15, 0.2) is 0 Å². The standard InChI is InChI=1S/C23H18N4O4/c1-14(27-22(30)18-9-2-3-10-19(18)23(27)31)20(28)25-16-7-4-8-17(12-16)26-21(29)15-6-5-11-24-13-15/h2-14H,1H3,(H,25,28)(H,26,29). The molecule has 1 atom stereocenters. The van der Waals surface area contributed by atoms with Gasteiger partial charge in [-0.3, -0.25) is 29.1 Å². The molecule has 0 saturated carbocycles. The summed E-state index contributed by atoms with van der Waals surface area (Å²) in [5, 5.41) is 5.42. The molecule has 0 spiro atoms. The molecule has 1 aliphatic heterocycles. The lowest BCUT2D eigenvalue weighted by Crippen LogP contribution is -2.45. The summed E-state index contributed by atoms with van der Waals surface area (Å²) < 4.78 is 0. The molecule has 1 aliphatic rings. The fraction of sp³-hybridized carbons (Fsp3) is 0.0870. The molecule has 4 amide bonds. The smallest absolute Gasteiger partial charge is 0.262 e. The minimum atomic E-state index is -1.01. The number of nitrogens with one attached hydrogen (secondary N) is 2. The Balaban J connectivity index is 1.46. The number of pyridine rings is 1. The largest absolute Gasteiger partial charge is 0.324 e. The van der Waals surface area contributed by atoms with E-state index in [1.807, 2.05) is 0 Å². The Bertz CT molecular complexity index is 1160. The van der Waals surface area contributed by atoms with E-state index in [1.165, 1.54) is 13.1 Å². The Morgan fingerprint density at radius 2 is 1.52 bits per heavy atom. The highest BCUT2D eigenvalue weighted by molar-refractivity contribution is 6.23. The van der Waals surface area contributed by atoms with Crippen LogP contribution in [0.15, 0.2) is 73.1 Å². The number of imide groups is 1. The average Bonchev–Trinajstić information content (AvgIpc) is 3.04. The van der Waals surface area contributed by atoms with Crippen molar-refractivity contribution in [1.29, 1.82) is 0 Å². The van der Waals surface area contributed by atoms with Crippen LogP contribution in [0.25, 0.3) is 0 Å². The van der Waals surface area contributed by atoms with E-state index in [-0.39, 0.29) is 17.0 Å². The highest BCUT2D eigenvalue weighted by Gasteiger charge is 2.40. The minimum absolute atomic E-state index is 0.285. The molecule has 3 aromatic rings. The van der Waals surface area contributed by atoms with Gasteiger partial charge in [0.25, 0.3) is 17.7 Å². The first-order valence-electron chi connectivity index (χ1n) is 9.55. The summed E-state index contributed by atoms with van der Waals surface area (Å²) in [5.74, 6) is -1.86. The van der Waals surface area contributed by atoms with Gasteiger partial charge in [-0.1, -0.05) is 18.2 Å². The zero-order valence-electron chi connectivity index (χ0n) is 16.5. The van der Waals surface area contributed by atoms with Crippen LogP contribution in [-0.2, 0) is 4.79 Å². The molecule has 2 heterocycles. The normalized spacial score (nSPS) is 13.5. The molecule has 8 nitrogen and oxygen atoms in total. The van der Waals surface area contributed by atoms with E-state index in [1.54, 1.807) is 66.9 Å². The quantitative estimate of drug-likeness (QED) is 0.624. The SMILES string of the molecule is CC(C(=O)Nc1cccc(NC(=O)c2cccnc2)c1)N1C(=O)c2ccccc2C1=O. The van der Waals surface area contributed by atoms with Crippen LogP contribution in [0.5, 0.6) is 0 Å². The second-order valence-electron chi connectivity index (χ2n) is 6.97. The summed E-state index contributed by atoms with van der Waals surface area (Å²) in [6.45, 7) is 1.49. The number of aromatic nitrogens is 1. The second kappa shape index (κ2) is 8.19. The lowest BCUT2D eigenvalue weighted by molar-refractivity contribution is -0.119. The van der Waals surface area contributed by atoms with Crippen molar-refractivity contribution in [2.45, 2.75) is 13.0 Å². The summed E-state index contributed by atoms with van der Waals surface area (Å²) in [5.41, 5.74) is 1.85. The summed E-state index contributed by atoms with van der Waals surface area (Å²) in [4.78, 5) is 55.1. The van der Waals surface area contributed by atoms with Crippen molar-refractivity contribution >= 4 is 35.0 Å². The number of hydrogen-bond donors (Lipinski definition) is 2. The molecular formula is C23H18N4O4. The number of rotatable bonds is 5. The zero-order valence-corrected chi connectivity index (χ0v) is 16.5. The average molecular weight is 414 g/mol. The number of fused-ring (bicyclic) bond motifs is 1. The van der Waals surface area contributed by atoms with E-state index in [0.29, 0.717) is 16.9 Å². The van der Waals surface area contributed by atoms with Gasteiger partial charge >= 0.3 is 0 Å². The van der Waals surface area contributed by atoms with Crippen LogP contribution in [0.4, 0.5) is 11.4 Å². The second-order valence-corrected chi connectivity index (χ2v) is 6.97. The maximum Gasteiger partial charge on any atom is 0.262 e. The zero-order chi connectivity index (χ0) is 22.0. The summed E-state index contributed by atoms with van der Waals surface area (Å²) in [7, 11) is 0. The van der Waals surface area contributed by atoms with Crippen molar-refractivity contribution in [2.75, 3.05) is 10.6 Å². The maximum absolute atomic E-state index is 12.7. The van der Waals surface area contributed by atoms with E-state index in [2.05, 4.69) is 15.6 Å². The lowest BCUT2D eigenvalue weighted by Gasteiger charge is -2.21. The third-order valence-electron chi connectivity index (χ3n) is 4.90. The number of carbonyl (C=O) groups excluding carboxylic acids is 4. The van der Waals surface area contributed by atoms with Crippen LogP contribution in [0.1, 0.15) is 38.0 Å². The minimum Gasteiger partial charge on any atom is -0.324 e. The van der Waals surface area contributed by atoms with Crippen LogP contribution in [0.3, 0.4) is 0 Å². The first-order chi connectivity index (χ1) is 15.0. The van der Waals surface area contributed by atoms with Crippen molar-refractivity contribution in [3.05, 3.63) is 89.7 Å². The molecule has 154 valence electrons. The van der Waals surface area contributed by atoms with E-state index < -0.39 is 23.8 Å². The predicted octanol–water partition coefficient (Wildman–Crippen LogP) is 2.96. The van der Waals surface area contributed by atoms with Crippen LogP contribution in [0.2, 0.25) is 0 Å². The van der Waals surface area contributed by atoms with Crippen LogP contribution in [-0.4, -0.2) is 39.6 Å². The van der Waals surface area contributed by atoms with Gasteiger partial charge in [-0.05, 0) is 49.4 Å². The van der Waals surface area contributed by atoms with Gasteiger partial charge in [-0.15, -0.1) is 0 Å². The van der Waals surface area contributed by atoms with Crippen molar-refractivity contribution < 1.29 is 19.2 Å². The molecule has 1 unspecified atom stereocenters. The van der Waals surface area contributed by atoms with E-state index >= 15 is 0 Å². The number of amides is 4. The number of hydrogen-bond acceptors (Lipinski definition) is 5. The summed E-state index contributed by atoms with van der Waals surface area (Å²) in [6, 6.07) is 15.3. The van der Waals surface area contributed by atoms with Gasteiger partial charge in [-0.2, -0.15) is 0 Å². The predicted molar refractivity (Wildman–Crippen MR) is 114 cm³/mol.